The normalized spacial score (nSPS) is 11.8. The number of methoxy groups -OCH3 is 1. The van der Waals surface area contributed by atoms with Crippen molar-refractivity contribution in [2.24, 2.45) is 0 Å². The highest BCUT2D eigenvalue weighted by Gasteiger charge is 2.15. The summed E-state index contributed by atoms with van der Waals surface area (Å²) in [6.07, 6.45) is 1.36. The summed E-state index contributed by atoms with van der Waals surface area (Å²) < 4.78 is 31.4. The van der Waals surface area contributed by atoms with E-state index >= 15 is 0 Å². The minimum Gasteiger partial charge on any atom is -0.481 e. The Kier molecular flexibility index (Phi) is 4.47. The monoisotopic (exact) mass is 292 g/mol. The smallest absolute Gasteiger partial charge is 0.253 e. The number of carbonyl (C=O) groups is 1. The molecule has 2 aromatic rings. The zero-order chi connectivity index (χ0) is 15.4. The average molecular weight is 292 g/mol. The predicted molar refractivity (Wildman–Crippen MR) is 73.0 cm³/mol. The van der Waals surface area contributed by atoms with E-state index in [1.807, 2.05) is 0 Å². The number of hydrogen-bond donors (Lipinski definition) is 1. The molecule has 0 saturated heterocycles. The first-order chi connectivity index (χ1) is 10.0. The lowest BCUT2D eigenvalue weighted by atomic mass is 10.1. The van der Waals surface area contributed by atoms with Gasteiger partial charge in [-0.1, -0.05) is 6.07 Å². The highest BCUT2D eigenvalue weighted by molar-refractivity contribution is 5.94. The highest BCUT2D eigenvalue weighted by atomic mass is 19.1. The summed E-state index contributed by atoms with van der Waals surface area (Å²) in [6.45, 7) is 1.62. The number of rotatable bonds is 4. The third-order valence-electron chi connectivity index (χ3n) is 2.98. The first kappa shape index (κ1) is 14.9. The van der Waals surface area contributed by atoms with E-state index in [4.69, 9.17) is 4.74 Å². The maximum absolute atomic E-state index is 13.6. The maximum Gasteiger partial charge on any atom is 0.253 e. The molecule has 0 saturated carbocycles. The van der Waals surface area contributed by atoms with Crippen molar-refractivity contribution in [3.8, 4) is 5.88 Å². The fraction of sp³-hybridized carbons (Fsp3) is 0.200. The number of ether oxygens (including phenoxy) is 1. The fourth-order valence-corrected chi connectivity index (χ4v) is 1.85. The van der Waals surface area contributed by atoms with Crippen molar-refractivity contribution in [2.45, 2.75) is 13.0 Å². The number of nitrogens with zero attached hydrogens (tertiary/aromatic N) is 1. The minimum atomic E-state index is -0.698. The molecule has 0 aliphatic rings. The molecule has 0 unspecified atom stereocenters. The summed E-state index contributed by atoms with van der Waals surface area (Å²) in [5, 5.41) is 2.63. The van der Waals surface area contributed by atoms with Gasteiger partial charge in [-0.2, -0.15) is 0 Å². The van der Waals surface area contributed by atoms with Crippen LogP contribution in [0.5, 0.6) is 5.88 Å². The summed E-state index contributed by atoms with van der Waals surface area (Å²) >= 11 is 0. The van der Waals surface area contributed by atoms with Crippen LogP contribution in [0.3, 0.4) is 0 Å². The first-order valence-electron chi connectivity index (χ1n) is 6.27. The van der Waals surface area contributed by atoms with Gasteiger partial charge in [0, 0.05) is 23.9 Å². The van der Waals surface area contributed by atoms with E-state index in [0.29, 0.717) is 11.4 Å². The molecule has 0 aliphatic carbocycles. The van der Waals surface area contributed by atoms with Crippen molar-refractivity contribution in [2.75, 3.05) is 7.11 Å². The molecule has 1 heterocycles. The molecule has 2 rings (SSSR count). The lowest BCUT2D eigenvalue weighted by molar-refractivity contribution is 0.0939. The summed E-state index contributed by atoms with van der Waals surface area (Å²) in [7, 11) is 1.47. The van der Waals surface area contributed by atoms with Crippen LogP contribution in [0.25, 0.3) is 0 Å². The molecule has 21 heavy (non-hydrogen) atoms. The molecule has 0 bridgehead atoms. The summed E-state index contributed by atoms with van der Waals surface area (Å²) in [4.78, 5) is 15.9. The Morgan fingerprint density at radius 3 is 2.62 bits per heavy atom. The van der Waals surface area contributed by atoms with Crippen molar-refractivity contribution in [3.05, 3.63) is 59.3 Å². The van der Waals surface area contributed by atoms with E-state index in [9.17, 15) is 13.6 Å². The van der Waals surface area contributed by atoms with Gasteiger partial charge < -0.3 is 10.1 Å². The Balaban J connectivity index is 2.10. The molecule has 6 heteroatoms. The van der Waals surface area contributed by atoms with Crippen LogP contribution in [-0.2, 0) is 0 Å². The number of nitrogens with one attached hydrogen (secondary N) is 1. The number of amides is 1. The van der Waals surface area contributed by atoms with Gasteiger partial charge in [0.25, 0.3) is 5.91 Å². The van der Waals surface area contributed by atoms with Crippen LogP contribution in [0, 0.1) is 11.6 Å². The van der Waals surface area contributed by atoms with Gasteiger partial charge in [0.05, 0.1) is 18.7 Å². The van der Waals surface area contributed by atoms with Gasteiger partial charge in [-0.3, -0.25) is 4.79 Å². The zero-order valence-corrected chi connectivity index (χ0v) is 11.6. The topological polar surface area (TPSA) is 51.2 Å². The van der Waals surface area contributed by atoms with Gasteiger partial charge >= 0.3 is 0 Å². The van der Waals surface area contributed by atoms with Gasteiger partial charge in [-0.15, -0.1) is 0 Å². The van der Waals surface area contributed by atoms with Gasteiger partial charge in [0.1, 0.15) is 11.6 Å². The maximum atomic E-state index is 13.6. The Hall–Kier alpha value is -2.50. The molecule has 1 aromatic carbocycles. The third kappa shape index (κ3) is 3.53. The first-order valence-corrected chi connectivity index (χ1v) is 6.27. The van der Waals surface area contributed by atoms with Crippen LogP contribution in [0.1, 0.15) is 28.9 Å². The second kappa shape index (κ2) is 6.30. The number of carbonyl (C=O) groups excluding carboxylic acids is 1. The lowest BCUT2D eigenvalue weighted by Gasteiger charge is -2.15. The standard InChI is InChI=1S/C15H14F2N2O2/c1-9(12-5-4-11(16)7-13(12)17)19-15(20)10-3-6-14(21-2)18-8-10/h3-9H,1-2H3,(H,19,20)/t9-/m0/s1. The molecule has 1 aromatic heterocycles. The molecule has 0 spiro atoms. The molecule has 0 fully saturated rings. The molecule has 1 N–H and O–H groups in total. The lowest BCUT2D eigenvalue weighted by Crippen LogP contribution is -2.27. The second-order valence-electron chi connectivity index (χ2n) is 4.45. The van der Waals surface area contributed by atoms with E-state index in [1.165, 1.54) is 19.4 Å². The van der Waals surface area contributed by atoms with Gasteiger partial charge in [-0.25, -0.2) is 13.8 Å². The number of halogens is 2. The van der Waals surface area contributed by atoms with Gasteiger partial charge in [0.2, 0.25) is 5.88 Å². The average Bonchev–Trinajstić information content (AvgIpc) is 2.47. The number of benzene rings is 1. The SMILES string of the molecule is COc1ccc(C(=O)N[C@@H](C)c2ccc(F)cc2F)cn1. The van der Waals surface area contributed by atoms with Crippen LogP contribution in [-0.4, -0.2) is 18.0 Å². The largest absolute Gasteiger partial charge is 0.481 e. The van der Waals surface area contributed by atoms with Crippen molar-refractivity contribution >= 4 is 5.91 Å². The fourth-order valence-electron chi connectivity index (χ4n) is 1.85. The van der Waals surface area contributed by atoms with E-state index in [2.05, 4.69) is 10.3 Å². The van der Waals surface area contributed by atoms with Crippen LogP contribution in [0.15, 0.2) is 36.5 Å². The van der Waals surface area contributed by atoms with Gasteiger partial charge in [-0.05, 0) is 19.1 Å². The number of pyridine rings is 1. The number of aromatic nitrogens is 1. The third-order valence-corrected chi connectivity index (χ3v) is 2.98. The van der Waals surface area contributed by atoms with Crippen LogP contribution < -0.4 is 10.1 Å². The van der Waals surface area contributed by atoms with E-state index in [0.717, 1.165) is 12.1 Å². The summed E-state index contributed by atoms with van der Waals surface area (Å²) in [6, 6.07) is 5.75. The van der Waals surface area contributed by atoms with E-state index in [-0.39, 0.29) is 5.56 Å². The Labute approximate surface area is 120 Å². The van der Waals surface area contributed by atoms with Crippen molar-refractivity contribution in [3.63, 3.8) is 0 Å². The Morgan fingerprint density at radius 1 is 1.29 bits per heavy atom. The predicted octanol–water partition coefficient (Wildman–Crippen LogP) is 2.86. The van der Waals surface area contributed by atoms with Gasteiger partial charge in [0.15, 0.2) is 0 Å². The Morgan fingerprint density at radius 2 is 2.05 bits per heavy atom. The molecule has 0 aliphatic heterocycles. The highest BCUT2D eigenvalue weighted by Crippen LogP contribution is 2.18. The van der Waals surface area contributed by atoms with Crippen LogP contribution >= 0.6 is 0 Å². The quantitative estimate of drug-likeness (QED) is 0.942. The Bertz CT molecular complexity index is 645. The molecule has 1 amide bonds. The van der Waals surface area contributed by atoms with Crippen molar-refractivity contribution in [1.82, 2.24) is 10.3 Å². The number of hydrogen-bond acceptors (Lipinski definition) is 3. The van der Waals surface area contributed by atoms with E-state index in [1.54, 1.807) is 19.1 Å². The summed E-state index contributed by atoms with van der Waals surface area (Å²) in [5.41, 5.74) is 0.538. The molecule has 4 nitrogen and oxygen atoms in total. The molecule has 0 radical (unpaired) electrons. The molecular weight excluding hydrogens is 278 g/mol. The van der Waals surface area contributed by atoms with Crippen molar-refractivity contribution < 1.29 is 18.3 Å². The minimum absolute atomic E-state index is 0.214. The molecule has 1 atom stereocenters. The molecular formula is C15H14F2N2O2. The van der Waals surface area contributed by atoms with E-state index < -0.39 is 23.6 Å². The van der Waals surface area contributed by atoms with Crippen molar-refractivity contribution in [1.29, 1.82) is 0 Å². The van der Waals surface area contributed by atoms with Crippen LogP contribution in [0.4, 0.5) is 8.78 Å². The molecule has 110 valence electrons. The second-order valence-corrected chi connectivity index (χ2v) is 4.45. The van der Waals surface area contributed by atoms with Crippen LogP contribution in [0.2, 0.25) is 0 Å². The summed E-state index contributed by atoms with van der Waals surface area (Å²) in [5.74, 6) is -1.37. The zero-order valence-electron chi connectivity index (χ0n) is 11.6.